The first-order valence-electron chi connectivity index (χ1n) is 8.52. The molecule has 6 nitrogen and oxygen atoms in total. The first kappa shape index (κ1) is 19.0. The van der Waals surface area contributed by atoms with Crippen molar-refractivity contribution in [2.75, 3.05) is 19.6 Å². The van der Waals surface area contributed by atoms with Gasteiger partial charge in [-0.3, -0.25) is 4.79 Å². The Morgan fingerprint density at radius 3 is 2.62 bits per heavy atom. The number of sulfonamides is 1. The fourth-order valence-corrected chi connectivity index (χ4v) is 5.61. The molecule has 3 atom stereocenters. The van der Waals surface area contributed by atoms with Crippen LogP contribution in [-0.2, 0) is 14.8 Å². The fourth-order valence-electron chi connectivity index (χ4n) is 3.40. The van der Waals surface area contributed by atoms with Crippen molar-refractivity contribution >= 4 is 27.3 Å². The van der Waals surface area contributed by atoms with Crippen molar-refractivity contribution in [2.24, 2.45) is 11.7 Å². The van der Waals surface area contributed by atoms with Crippen LogP contribution >= 0.6 is 11.3 Å². The molecule has 26 heavy (non-hydrogen) atoms. The Balaban J connectivity index is 1.70. The van der Waals surface area contributed by atoms with Crippen LogP contribution in [0.4, 0.5) is 0 Å². The van der Waals surface area contributed by atoms with Gasteiger partial charge in [0, 0.05) is 19.0 Å². The lowest BCUT2D eigenvalue weighted by Crippen LogP contribution is -2.46. The number of amides is 1. The molecule has 0 aliphatic carbocycles. The monoisotopic (exact) mass is 393 g/mol. The van der Waals surface area contributed by atoms with E-state index in [1.165, 1.54) is 6.07 Å². The van der Waals surface area contributed by atoms with E-state index in [2.05, 4.69) is 4.72 Å². The summed E-state index contributed by atoms with van der Waals surface area (Å²) in [5, 5.41) is 1.69. The Kier molecular flexibility index (Phi) is 5.76. The molecule has 1 aliphatic rings. The predicted octanol–water partition coefficient (Wildman–Crippen LogP) is 1.62. The molecular formula is C18H23N3O3S2. The van der Waals surface area contributed by atoms with E-state index in [9.17, 15) is 13.2 Å². The van der Waals surface area contributed by atoms with Gasteiger partial charge in [-0.25, -0.2) is 8.42 Å². The smallest absolute Gasteiger partial charge is 0.250 e. The Labute approximate surface area is 158 Å². The summed E-state index contributed by atoms with van der Waals surface area (Å²) in [6.07, 6.45) is 0. The van der Waals surface area contributed by atoms with Crippen molar-refractivity contribution in [3.63, 3.8) is 0 Å². The summed E-state index contributed by atoms with van der Waals surface area (Å²) < 4.78 is 27.4. The van der Waals surface area contributed by atoms with E-state index in [0.29, 0.717) is 19.6 Å². The van der Waals surface area contributed by atoms with Crippen LogP contribution in [0.3, 0.4) is 0 Å². The minimum atomic E-state index is -3.68. The Morgan fingerprint density at radius 2 is 2.00 bits per heavy atom. The molecule has 0 radical (unpaired) electrons. The van der Waals surface area contributed by atoms with E-state index in [4.69, 9.17) is 5.73 Å². The molecule has 1 saturated heterocycles. The quantitative estimate of drug-likeness (QED) is 0.780. The first-order valence-corrected chi connectivity index (χ1v) is 10.9. The van der Waals surface area contributed by atoms with Crippen molar-refractivity contribution in [3.05, 3.63) is 53.4 Å². The number of nitrogens with one attached hydrogen (secondary N) is 1. The summed E-state index contributed by atoms with van der Waals surface area (Å²) >= 11 is 1.13. The van der Waals surface area contributed by atoms with Crippen LogP contribution in [0.5, 0.6) is 0 Å². The minimum absolute atomic E-state index is 0.169. The zero-order valence-electron chi connectivity index (χ0n) is 14.5. The van der Waals surface area contributed by atoms with Crippen LogP contribution in [-0.4, -0.2) is 44.9 Å². The molecular weight excluding hydrogens is 370 g/mol. The third-order valence-electron chi connectivity index (χ3n) is 4.75. The average Bonchev–Trinajstić information content (AvgIpc) is 3.31. The average molecular weight is 394 g/mol. The maximum atomic E-state index is 12.8. The molecule has 2 aromatic rings. The Morgan fingerprint density at radius 1 is 1.27 bits per heavy atom. The van der Waals surface area contributed by atoms with Gasteiger partial charge in [0.15, 0.2) is 0 Å². The maximum Gasteiger partial charge on any atom is 0.250 e. The molecule has 1 unspecified atom stereocenters. The van der Waals surface area contributed by atoms with Crippen molar-refractivity contribution in [2.45, 2.75) is 23.1 Å². The van der Waals surface area contributed by atoms with Gasteiger partial charge in [-0.05, 0) is 36.4 Å². The summed E-state index contributed by atoms with van der Waals surface area (Å²) in [7, 11) is -3.68. The third kappa shape index (κ3) is 3.98. The van der Waals surface area contributed by atoms with Crippen LogP contribution in [0.25, 0.3) is 0 Å². The van der Waals surface area contributed by atoms with E-state index >= 15 is 0 Å². The molecule has 1 amide bonds. The lowest BCUT2D eigenvalue weighted by atomic mass is 9.89. The van der Waals surface area contributed by atoms with Crippen LogP contribution < -0.4 is 10.5 Å². The molecule has 0 saturated carbocycles. The topological polar surface area (TPSA) is 92.5 Å². The number of hydrogen-bond donors (Lipinski definition) is 2. The Bertz CT molecular complexity index is 838. The molecule has 140 valence electrons. The van der Waals surface area contributed by atoms with Crippen molar-refractivity contribution in [1.29, 1.82) is 0 Å². The van der Waals surface area contributed by atoms with Gasteiger partial charge in [0.05, 0.1) is 6.04 Å². The molecule has 1 aromatic carbocycles. The number of hydrogen-bond acceptors (Lipinski definition) is 5. The lowest BCUT2D eigenvalue weighted by molar-refractivity contribution is -0.131. The maximum absolute atomic E-state index is 12.8. The summed E-state index contributed by atoms with van der Waals surface area (Å²) in [4.78, 5) is 14.5. The standard InChI is InChI=1S/C18H23N3O3S2/c1-13(20-26(23,24)17-8-5-9-25-17)18(22)21-11-15(10-19)16(12-21)14-6-3-2-4-7-14/h2-9,13,15-16,20H,10-12,19H2,1H3/t13?,15-,16+/m1/s1. The highest BCUT2D eigenvalue weighted by Gasteiger charge is 2.37. The second-order valence-electron chi connectivity index (χ2n) is 6.53. The highest BCUT2D eigenvalue weighted by molar-refractivity contribution is 7.91. The number of nitrogens with zero attached hydrogens (tertiary/aromatic N) is 1. The number of nitrogens with two attached hydrogens (primary N) is 1. The molecule has 2 heterocycles. The van der Waals surface area contributed by atoms with Crippen LogP contribution in [0, 0.1) is 5.92 Å². The van der Waals surface area contributed by atoms with Gasteiger partial charge in [0.1, 0.15) is 4.21 Å². The number of thiophene rings is 1. The molecule has 0 spiro atoms. The normalized spacial score (nSPS) is 21.7. The van der Waals surface area contributed by atoms with E-state index in [1.54, 1.807) is 23.3 Å². The number of likely N-dealkylation sites (tertiary alicyclic amines) is 1. The Hall–Kier alpha value is -1.74. The molecule has 1 fully saturated rings. The van der Waals surface area contributed by atoms with Crippen LogP contribution in [0.2, 0.25) is 0 Å². The van der Waals surface area contributed by atoms with Crippen molar-refractivity contribution in [3.8, 4) is 0 Å². The highest BCUT2D eigenvalue weighted by Crippen LogP contribution is 2.32. The zero-order valence-corrected chi connectivity index (χ0v) is 16.2. The predicted molar refractivity (Wildman–Crippen MR) is 102 cm³/mol. The summed E-state index contributed by atoms with van der Waals surface area (Å²) in [5.41, 5.74) is 7.08. The summed E-state index contributed by atoms with van der Waals surface area (Å²) in [5.74, 6) is 0.121. The largest absolute Gasteiger partial charge is 0.340 e. The first-order chi connectivity index (χ1) is 12.4. The van der Waals surface area contributed by atoms with Gasteiger partial charge in [-0.15, -0.1) is 11.3 Å². The van der Waals surface area contributed by atoms with E-state index in [-0.39, 0.29) is 22.0 Å². The molecule has 0 bridgehead atoms. The van der Waals surface area contributed by atoms with Gasteiger partial charge < -0.3 is 10.6 Å². The zero-order chi connectivity index (χ0) is 18.7. The second kappa shape index (κ2) is 7.87. The summed E-state index contributed by atoms with van der Waals surface area (Å²) in [6, 6.07) is 12.4. The highest BCUT2D eigenvalue weighted by atomic mass is 32.2. The number of benzene rings is 1. The van der Waals surface area contributed by atoms with Crippen LogP contribution in [0.1, 0.15) is 18.4 Å². The SMILES string of the molecule is CC(NS(=O)(=O)c1cccs1)C(=O)N1C[C@@H](CN)[C@H](c2ccccc2)C1. The number of carbonyl (C=O) groups is 1. The minimum Gasteiger partial charge on any atom is -0.340 e. The second-order valence-corrected chi connectivity index (χ2v) is 9.42. The molecule has 8 heteroatoms. The van der Waals surface area contributed by atoms with Gasteiger partial charge >= 0.3 is 0 Å². The van der Waals surface area contributed by atoms with Crippen LogP contribution in [0.15, 0.2) is 52.1 Å². The van der Waals surface area contributed by atoms with Crippen molar-refractivity contribution in [1.82, 2.24) is 9.62 Å². The van der Waals surface area contributed by atoms with Crippen molar-refractivity contribution < 1.29 is 13.2 Å². The fraction of sp³-hybridized carbons (Fsp3) is 0.389. The third-order valence-corrected chi connectivity index (χ3v) is 7.68. The van der Waals surface area contributed by atoms with Gasteiger partial charge in [0.25, 0.3) is 10.0 Å². The van der Waals surface area contributed by atoms with E-state index in [1.807, 2.05) is 30.3 Å². The van der Waals surface area contributed by atoms with Gasteiger partial charge in [-0.1, -0.05) is 36.4 Å². The number of carbonyl (C=O) groups excluding carboxylic acids is 1. The van der Waals surface area contributed by atoms with Gasteiger partial charge in [-0.2, -0.15) is 4.72 Å². The lowest BCUT2D eigenvalue weighted by Gasteiger charge is -2.21. The van der Waals surface area contributed by atoms with Gasteiger partial charge in [0.2, 0.25) is 5.91 Å². The molecule has 1 aromatic heterocycles. The van der Waals surface area contributed by atoms with E-state index < -0.39 is 16.1 Å². The molecule has 1 aliphatic heterocycles. The molecule has 3 rings (SSSR count). The number of rotatable bonds is 6. The summed E-state index contributed by atoms with van der Waals surface area (Å²) in [6.45, 7) is 3.16. The molecule has 3 N–H and O–H groups in total. The van der Waals surface area contributed by atoms with E-state index in [0.717, 1.165) is 16.9 Å².